The van der Waals surface area contributed by atoms with Gasteiger partial charge < -0.3 is 11.1 Å². The monoisotopic (exact) mass is 371 g/mol. The van der Waals surface area contributed by atoms with Gasteiger partial charge in [-0.25, -0.2) is 4.99 Å². The number of nitrogens with two attached hydrogens (primary N) is 1. The second-order valence-corrected chi connectivity index (χ2v) is 5.37. The standard InChI is InChI=1S/C15H21N3.HI/c16-15(17-12-7-4-8-12)18-14-10-3-6-11-5-1-2-9-13(11)14;/h3,6,10,12H,1-2,4-5,7-9H2,(H3,16,17,18);1H. The lowest BCUT2D eigenvalue weighted by Gasteiger charge is -2.23. The predicted molar refractivity (Wildman–Crippen MR) is 91.4 cm³/mol. The Bertz CT molecular complexity index is 466. The smallest absolute Gasteiger partial charge is 0.193 e. The third kappa shape index (κ3) is 3.41. The lowest BCUT2D eigenvalue weighted by Crippen LogP contribution is -2.28. The molecule has 2 aliphatic rings. The largest absolute Gasteiger partial charge is 0.370 e. The number of guanidine groups is 1. The van der Waals surface area contributed by atoms with Gasteiger partial charge in [-0.1, -0.05) is 12.1 Å². The Morgan fingerprint density at radius 1 is 1.16 bits per heavy atom. The quantitative estimate of drug-likeness (QED) is 0.475. The lowest BCUT2D eigenvalue weighted by molar-refractivity contribution is 0.420. The molecule has 0 heterocycles. The van der Waals surface area contributed by atoms with Crippen LogP contribution >= 0.6 is 24.0 Å². The van der Waals surface area contributed by atoms with Crippen molar-refractivity contribution in [2.24, 2.45) is 10.7 Å². The van der Waals surface area contributed by atoms with Gasteiger partial charge in [0.15, 0.2) is 5.96 Å². The van der Waals surface area contributed by atoms with Crippen molar-refractivity contribution in [2.45, 2.75) is 51.0 Å². The van der Waals surface area contributed by atoms with E-state index in [-0.39, 0.29) is 24.0 Å². The molecule has 0 aromatic heterocycles. The molecule has 0 radical (unpaired) electrons. The lowest BCUT2D eigenvalue weighted by atomic mass is 9.90. The first-order valence-electron chi connectivity index (χ1n) is 7.04. The summed E-state index contributed by atoms with van der Waals surface area (Å²) in [5.74, 6) is 0.582. The zero-order chi connectivity index (χ0) is 12.4. The number of fused-ring (bicyclic) bond motifs is 1. The fourth-order valence-corrected chi connectivity index (χ4v) is 2.78. The molecule has 0 aliphatic heterocycles. The molecule has 0 spiro atoms. The average Bonchev–Trinajstić information content (AvgIpc) is 2.34. The van der Waals surface area contributed by atoms with Crippen LogP contribution in [0.4, 0.5) is 5.69 Å². The fourth-order valence-electron chi connectivity index (χ4n) is 2.78. The van der Waals surface area contributed by atoms with E-state index in [0.717, 1.165) is 12.1 Å². The summed E-state index contributed by atoms with van der Waals surface area (Å²) in [7, 11) is 0. The van der Waals surface area contributed by atoms with Crippen LogP contribution in [-0.2, 0) is 12.8 Å². The van der Waals surface area contributed by atoms with Gasteiger partial charge in [0.05, 0.1) is 6.04 Å². The Balaban J connectivity index is 0.00000133. The summed E-state index contributed by atoms with van der Waals surface area (Å²) in [5.41, 5.74) is 10.1. The van der Waals surface area contributed by atoms with Crippen LogP contribution in [0.5, 0.6) is 0 Å². The van der Waals surface area contributed by atoms with Gasteiger partial charge in [-0.2, -0.15) is 0 Å². The van der Waals surface area contributed by atoms with Crippen molar-refractivity contribution in [3.63, 3.8) is 0 Å². The molecule has 4 heteroatoms. The molecule has 1 saturated carbocycles. The first kappa shape index (κ1) is 14.6. The molecular weight excluding hydrogens is 349 g/mol. The van der Waals surface area contributed by atoms with E-state index < -0.39 is 0 Å². The van der Waals surface area contributed by atoms with Gasteiger partial charge in [0.1, 0.15) is 0 Å². The highest BCUT2D eigenvalue weighted by molar-refractivity contribution is 14.0. The van der Waals surface area contributed by atoms with Crippen LogP contribution < -0.4 is 11.1 Å². The van der Waals surface area contributed by atoms with Crippen molar-refractivity contribution in [1.29, 1.82) is 0 Å². The maximum absolute atomic E-state index is 5.99. The number of hydrogen-bond donors (Lipinski definition) is 2. The maximum Gasteiger partial charge on any atom is 0.193 e. The fraction of sp³-hybridized carbons (Fsp3) is 0.533. The van der Waals surface area contributed by atoms with Gasteiger partial charge in [0.2, 0.25) is 0 Å². The van der Waals surface area contributed by atoms with E-state index in [1.807, 2.05) is 0 Å². The molecule has 1 aromatic carbocycles. The normalized spacial score (nSPS) is 19.1. The SMILES string of the molecule is I.NC(=NC1CCC1)Nc1cccc2c1CCCC2. The molecule has 3 rings (SSSR count). The molecule has 1 fully saturated rings. The van der Waals surface area contributed by atoms with E-state index in [2.05, 4.69) is 28.5 Å². The second kappa shape index (κ2) is 6.59. The minimum absolute atomic E-state index is 0. The number of rotatable bonds is 2. The molecular formula is C15H22IN3. The van der Waals surface area contributed by atoms with Gasteiger partial charge in [-0.15, -0.1) is 24.0 Å². The molecule has 0 bridgehead atoms. The Morgan fingerprint density at radius 3 is 2.68 bits per heavy atom. The van der Waals surface area contributed by atoms with E-state index >= 15 is 0 Å². The molecule has 0 saturated heterocycles. The molecule has 0 amide bonds. The number of benzene rings is 1. The van der Waals surface area contributed by atoms with Gasteiger partial charge in [-0.05, 0) is 62.1 Å². The first-order valence-corrected chi connectivity index (χ1v) is 7.04. The molecule has 3 N–H and O–H groups in total. The van der Waals surface area contributed by atoms with Crippen molar-refractivity contribution < 1.29 is 0 Å². The number of nitrogens with one attached hydrogen (secondary N) is 1. The van der Waals surface area contributed by atoms with Gasteiger partial charge in [0, 0.05) is 5.69 Å². The van der Waals surface area contributed by atoms with E-state index in [1.165, 1.54) is 49.7 Å². The summed E-state index contributed by atoms with van der Waals surface area (Å²) < 4.78 is 0. The van der Waals surface area contributed by atoms with Crippen LogP contribution in [-0.4, -0.2) is 12.0 Å². The van der Waals surface area contributed by atoms with Crippen LogP contribution in [0.1, 0.15) is 43.2 Å². The van der Waals surface area contributed by atoms with Crippen molar-refractivity contribution >= 4 is 35.6 Å². The summed E-state index contributed by atoms with van der Waals surface area (Å²) >= 11 is 0. The topological polar surface area (TPSA) is 50.4 Å². The van der Waals surface area contributed by atoms with Crippen molar-refractivity contribution in [1.82, 2.24) is 0 Å². The molecule has 2 aliphatic carbocycles. The van der Waals surface area contributed by atoms with Crippen molar-refractivity contribution in [2.75, 3.05) is 5.32 Å². The third-order valence-corrected chi connectivity index (χ3v) is 4.06. The van der Waals surface area contributed by atoms with E-state index in [4.69, 9.17) is 5.73 Å². The molecule has 0 atom stereocenters. The Kier molecular flexibility index (Phi) is 5.07. The van der Waals surface area contributed by atoms with E-state index in [0.29, 0.717) is 12.0 Å². The number of nitrogens with zero attached hydrogens (tertiary/aromatic N) is 1. The highest BCUT2D eigenvalue weighted by Gasteiger charge is 2.17. The zero-order valence-electron chi connectivity index (χ0n) is 11.2. The second-order valence-electron chi connectivity index (χ2n) is 5.37. The number of halogens is 1. The number of hydrogen-bond acceptors (Lipinski definition) is 1. The van der Waals surface area contributed by atoms with Crippen LogP contribution in [0, 0.1) is 0 Å². The van der Waals surface area contributed by atoms with Crippen molar-refractivity contribution in [3.05, 3.63) is 29.3 Å². The Morgan fingerprint density at radius 2 is 1.95 bits per heavy atom. The van der Waals surface area contributed by atoms with Crippen LogP contribution in [0.15, 0.2) is 23.2 Å². The van der Waals surface area contributed by atoms with Gasteiger partial charge >= 0.3 is 0 Å². The minimum atomic E-state index is 0. The first-order chi connectivity index (χ1) is 8.83. The van der Waals surface area contributed by atoms with E-state index in [1.54, 1.807) is 0 Å². The third-order valence-electron chi connectivity index (χ3n) is 4.06. The molecule has 104 valence electrons. The van der Waals surface area contributed by atoms with E-state index in [9.17, 15) is 0 Å². The summed E-state index contributed by atoms with van der Waals surface area (Å²) in [4.78, 5) is 4.51. The number of aliphatic imine (C=N–C) groups is 1. The molecule has 1 aromatic rings. The Hall–Kier alpha value is -0.780. The summed E-state index contributed by atoms with van der Waals surface area (Å²) in [6, 6.07) is 6.92. The van der Waals surface area contributed by atoms with Crippen molar-refractivity contribution in [3.8, 4) is 0 Å². The summed E-state index contributed by atoms with van der Waals surface area (Å²) in [5, 5.41) is 3.30. The highest BCUT2D eigenvalue weighted by atomic mass is 127. The zero-order valence-corrected chi connectivity index (χ0v) is 13.5. The molecule has 3 nitrogen and oxygen atoms in total. The van der Waals surface area contributed by atoms with Crippen LogP contribution in [0.25, 0.3) is 0 Å². The predicted octanol–water partition coefficient (Wildman–Crippen LogP) is 3.46. The summed E-state index contributed by atoms with van der Waals surface area (Å²) in [6.07, 6.45) is 8.62. The van der Waals surface area contributed by atoms with Gasteiger partial charge in [0.25, 0.3) is 0 Å². The number of anilines is 1. The minimum Gasteiger partial charge on any atom is -0.370 e. The highest BCUT2D eigenvalue weighted by Crippen LogP contribution is 2.28. The summed E-state index contributed by atoms with van der Waals surface area (Å²) in [6.45, 7) is 0. The van der Waals surface area contributed by atoms with Gasteiger partial charge in [-0.3, -0.25) is 0 Å². The molecule has 19 heavy (non-hydrogen) atoms. The van der Waals surface area contributed by atoms with Crippen LogP contribution in [0.2, 0.25) is 0 Å². The number of aryl methyl sites for hydroxylation is 1. The maximum atomic E-state index is 5.99. The van der Waals surface area contributed by atoms with Crippen LogP contribution in [0.3, 0.4) is 0 Å². The average molecular weight is 371 g/mol. The molecule has 0 unspecified atom stereocenters. The Labute approximate surface area is 132 Å².